The zero-order valence-electron chi connectivity index (χ0n) is 14.8. The van der Waals surface area contributed by atoms with Crippen molar-refractivity contribution in [3.8, 4) is 11.6 Å². The van der Waals surface area contributed by atoms with Gasteiger partial charge in [-0.15, -0.1) is 0 Å². The number of thioether (sulfide) groups is 1. The second-order valence-electron chi connectivity index (χ2n) is 6.99. The molecule has 2 heterocycles. The number of pyridine rings is 1. The van der Waals surface area contributed by atoms with Crippen LogP contribution in [0.15, 0.2) is 48.7 Å². The van der Waals surface area contributed by atoms with E-state index >= 15 is 0 Å². The quantitative estimate of drug-likeness (QED) is 0.701. The van der Waals surface area contributed by atoms with Gasteiger partial charge in [0.25, 0.3) is 5.24 Å². The summed E-state index contributed by atoms with van der Waals surface area (Å²) in [7, 11) is 0. The minimum absolute atomic E-state index is 0.0518. The molecule has 1 aliphatic carbocycles. The number of aromatic nitrogens is 1. The van der Waals surface area contributed by atoms with E-state index in [1.807, 2.05) is 42.5 Å². The van der Waals surface area contributed by atoms with Crippen molar-refractivity contribution in [3.63, 3.8) is 0 Å². The largest absolute Gasteiger partial charge is 0.438 e. The first-order valence-electron chi connectivity index (χ1n) is 9.05. The molecule has 0 saturated carbocycles. The summed E-state index contributed by atoms with van der Waals surface area (Å²) in [5.41, 5.74) is 8.89. The molecule has 1 unspecified atom stereocenters. The third kappa shape index (κ3) is 2.79. The number of anilines is 1. The van der Waals surface area contributed by atoms with Crippen LogP contribution < -0.4 is 15.8 Å². The normalized spacial score (nSPS) is 21.0. The van der Waals surface area contributed by atoms with Gasteiger partial charge in [0.05, 0.1) is 11.9 Å². The van der Waals surface area contributed by atoms with Crippen LogP contribution in [0.25, 0.3) is 10.8 Å². The summed E-state index contributed by atoms with van der Waals surface area (Å²) in [5, 5.41) is 3.54. The molecule has 0 bridgehead atoms. The van der Waals surface area contributed by atoms with Crippen LogP contribution in [0, 0.1) is 0 Å². The van der Waals surface area contributed by atoms with Crippen LogP contribution in [0.5, 0.6) is 11.6 Å². The van der Waals surface area contributed by atoms with Gasteiger partial charge in [-0.25, -0.2) is 4.98 Å². The Morgan fingerprint density at radius 2 is 1.96 bits per heavy atom. The highest BCUT2D eigenvalue weighted by Gasteiger charge is 2.41. The number of hydrogen-bond acceptors (Lipinski definition) is 6. The van der Waals surface area contributed by atoms with Crippen LogP contribution in [0.1, 0.15) is 23.5 Å². The highest BCUT2D eigenvalue weighted by molar-refractivity contribution is 8.15. The standard InChI is InChI=1S/C21H17N3O3S/c22-17-10-23-20(16-4-2-1-3-14(16)17)27-12-6-8-13-11(9-12)5-7-15(13)18-19(25)24-21(26)28-18/h1-4,6,8-10,15,18H,5,7,22H2,(H,24,25,26)/t15-,18?/m1/s1. The predicted molar refractivity (Wildman–Crippen MR) is 109 cm³/mol. The van der Waals surface area contributed by atoms with Crippen LogP contribution in [0.3, 0.4) is 0 Å². The van der Waals surface area contributed by atoms with Crippen molar-refractivity contribution in [2.45, 2.75) is 24.0 Å². The molecular weight excluding hydrogens is 374 g/mol. The Morgan fingerprint density at radius 3 is 2.75 bits per heavy atom. The average molecular weight is 391 g/mol. The molecule has 2 aliphatic rings. The van der Waals surface area contributed by atoms with Crippen molar-refractivity contribution in [2.24, 2.45) is 0 Å². The highest BCUT2D eigenvalue weighted by Crippen LogP contribution is 2.43. The van der Waals surface area contributed by atoms with Crippen molar-refractivity contribution in [1.29, 1.82) is 0 Å². The van der Waals surface area contributed by atoms with E-state index in [9.17, 15) is 9.59 Å². The number of fused-ring (bicyclic) bond motifs is 2. The number of carbonyl (C=O) groups is 2. The number of nitrogens with two attached hydrogens (primary N) is 1. The van der Waals surface area contributed by atoms with E-state index in [0.717, 1.165) is 46.5 Å². The first-order chi connectivity index (χ1) is 13.6. The van der Waals surface area contributed by atoms with Crippen molar-refractivity contribution in [1.82, 2.24) is 10.3 Å². The maximum absolute atomic E-state index is 12.0. The van der Waals surface area contributed by atoms with Crippen LogP contribution in [0.2, 0.25) is 0 Å². The number of amides is 2. The lowest BCUT2D eigenvalue weighted by atomic mass is 9.97. The van der Waals surface area contributed by atoms with E-state index in [4.69, 9.17) is 10.5 Å². The zero-order chi connectivity index (χ0) is 19.3. The fraction of sp³-hybridized carbons (Fsp3) is 0.190. The molecule has 140 valence electrons. The van der Waals surface area contributed by atoms with Gasteiger partial charge in [0.1, 0.15) is 11.0 Å². The number of aryl methyl sites for hydroxylation is 1. The van der Waals surface area contributed by atoms with E-state index in [1.54, 1.807) is 6.20 Å². The summed E-state index contributed by atoms with van der Waals surface area (Å²) in [4.78, 5) is 27.9. The van der Waals surface area contributed by atoms with Crippen molar-refractivity contribution in [2.75, 3.05) is 5.73 Å². The number of carbonyl (C=O) groups excluding carboxylic acids is 2. The van der Waals surface area contributed by atoms with Crippen molar-refractivity contribution in [3.05, 3.63) is 59.8 Å². The van der Waals surface area contributed by atoms with Gasteiger partial charge in [-0.2, -0.15) is 0 Å². The van der Waals surface area contributed by atoms with E-state index < -0.39 is 0 Å². The third-order valence-corrected chi connectivity index (χ3v) is 6.44. The number of rotatable bonds is 3. The summed E-state index contributed by atoms with van der Waals surface area (Å²) in [6.45, 7) is 0. The molecule has 6 nitrogen and oxygen atoms in total. The number of benzene rings is 2. The van der Waals surface area contributed by atoms with Crippen LogP contribution >= 0.6 is 11.8 Å². The predicted octanol–water partition coefficient (Wildman–Crippen LogP) is 3.99. The van der Waals surface area contributed by atoms with E-state index in [0.29, 0.717) is 17.3 Å². The Kier molecular flexibility index (Phi) is 3.98. The Morgan fingerprint density at radius 1 is 1.14 bits per heavy atom. The molecule has 2 amide bonds. The Labute approximate surface area is 165 Å². The van der Waals surface area contributed by atoms with Gasteiger partial charge in [-0.3, -0.25) is 14.9 Å². The summed E-state index contributed by atoms with van der Waals surface area (Å²) >= 11 is 1.09. The van der Waals surface area contributed by atoms with E-state index in [2.05, 4.69) is 10.3 Å². The molecule has 28 heavy (non-hydrogen) atoms. The first kappa shape index (κ1) is 17.1. The van der Waals surface area contributed by atoms with Crippen molar-refractivity contribution < 1.29 is 14.3 Å². The van der Waals surface area contributed by atoms with E-state index in [1.165, 1.54) is 0 Å². The zero-order valence-corrected chi connectivity index (χ0v) is 15.7. The lowest BCUT2D eigenvalue weighted by Gasteiger charge is -2.16. The molecule has 2 atom stereocenters. The SMILES string of the molecule is Nc1cnc(Oc2ccc3c(c2)CC[C@H]3C2SC(=O)NC2=O)c2ccccc12. The Hall–Kier alpha value is -3.06. The molecule has 1 fully saturated rings. The molecule has 2 aromatic carbocycles. The maximum atomic E-state index is 12.0. The number of ether oxygens (including phenoxy) is 1. The fourth-order valence-corrected chi connectivity index (χ4v) is 5.02. The number of nitrogens with zero attached hydrogens (tertiary/aromatic N) is 1. The molecule has 1 aromatic heterocycles. The summed E-state index contributed by atoms with van der Waals surface area (Å²) in [6.07, 6.45) is 3.31. The van der Waals surface area contributed by atoms with Gasteiger partial charge in [0.2, 0.25) is 11.8 Å². The lowest BCUT2D eigenvalue weighted by Crippen LogP contribution is -2.27. The van der Waals surface area contributed by atoms with Gasteiger partial charge < -0.3 is 10.5 Å². The molecule has 0 radical (unpaired) electrons. The van der Waals surface area contributed by atoms with Crippen LogP contribution in [-0.2, 0) is 11.2 Å². The van der Waals surface area contributed by atoms with Gasteiger partial charge in [-0.05, 0) is 42.2 Å². The minimum atomic E-state index is -0.344. The number of imide groups is 1. The minimum Gasteiger partial charge on any atom is -0.438 e. The number of hydrogen-bond donors (Lipinski definition) is 2. The molecule has 1 aliphatic heterocycles. The topological polar surface area (TPSA) is 94.3 Å². The molecule has 5 rings (SSSR count). The van der Waals surface area contributed by atoms with Crippen LogP contribution in [-0.4, -0.2) is 21.4 Å². The number of nitrogen functional groups attached to an aromatic ring is 1. The summed E-state index contributed by atoms with van der Waals surface area (Å²) < 4.78 is 6.07. The van der Waals surface area contributed by atoms with E-state index in [-0.39, 0.29) is 22.3 Å². The second kappa shape index (κ2) is 6.53. The Balaban J connectivity index is 1.45. The van der Waals surface area contributed by atoms with Gasteiger partial charge in [0.15, 0.2) is 0 Å². The van der Waals surface area contributed by atoms with Gasteiger partial charge >= 0.3 is 0 Å². The molecule has 0 spiro atoms. The summed E-state index contributed by atoms with van der Waals surface area (Å²) in [6, 6.07) is 13.6. The smallest absolute Gasteiger partial charge is 0.286 e. The first-order valence-corrected chi connectivity index (χ1v) is 9.93. The monoisotopic (exact) mass is 391 g/mol. The van der Waals surface area contributed by atoms with Crippen LogP contribution in [0.4, 0.5) is 10.5 Å². The average Bonchev–Trinajstić information content (AvgIpc) is 3.26. The molecule has 3 N–H and O–H groups in total. The maximum Gasteiger partial charge on any atom is 0.286 e. The third-order valence-electron chi connectivity index (χ3n) is 5.33. The fourth-order valence-electron chi connectivity index (χ4n) is 4.02. The molecule has 7 heteroatoms. The van der Waals surface area contributed by atoms with Gasteiger partial charge in [-0.1, -0.05) is 36.0 Å². The van der Waals surface area contributed by atoms with Gasteiger partial charge in [0, 0.05) is 16.7 Å². The molecule has 3 aromatic rings. The Bertz CT molecular complexity index is 1130. The second-order valence-corrected chi connectivity index (χ2v) is 8.10. The summed E-state index contributed by atoms with van der Waals surface area (Å²) in [5.74, 6) is 1.07. The molecular formula is C21H17N3O3S. The lowest BCUT2D eigenvalue weighted by molar-refractivity contribution is -0.119. The number of nitrogens with one attached hydrogen (secondary N) is 1. The van der Waals surface area contributed by atoms with Crippen molar-refractivity contribution >= 4 is 39.4 Å². The highest BCUT2D eigenvalue weighted by atomic mass is 32.2. The molecule has 1 saturated heterocycles.